The smallest absolute Gasteiger partial charge is 0.312 e. The molecule has 1 fully saturated rings. The lowest BCUT2D eigenvalue weighted by atomic mass is 10.0. The van der Waals surface area contributed by atoms with Gasteiger partial charge < -0.3 is 16.4 Å². The fourth-order valence-corrected chi connectivity index (χ4v) is 4.93. The molecule has 2 rings (SSSR count). The SMILES string of the molecule is CSCC[C@@H](NC(N)=O)C(=O)Nc1ccc(S(=O)(=O)N2CCC(C)CC2)cc1. The van der Waals surface area contributed by atoms with Crippen LogP contribution in [0.5, 0.6) is 0 Å². The summed E-state index contributed by atoms with van der Waals surface area (Å²) in [5.74, 6) is 0.829. The van der Waals surface area contributed by atoms with Gasteiger partial charge in [0.15, 0.2) is 0 Å². The van der Waals surface area contributed by atoms with Crippen LogP contribution in [0.15, 0.2) is 29.2 Å². The largest absolute Gasteiger partial charge is 0.352 e. The van der Waals surface area contributed by atoms with Crippen LogP contribution in [0.1, 0.15) is 26.2 Å². The summed E-state index contributed by atoms with van der Waals surface area (Å²) < 4.78 is 27.0. The number of anilines is 1. The van der Waals surface area contributed by atoms with E-state index in [9.17, 15) is 18.0 Å². The van der Waals surface area contributed by atoms with Crippen molar-refractivity contribution in [1.29, 1.82) is 0 Å². The van der Waals surface area contributed by atoms with E-state index in [4.69, 9.17) is 5.73 Å². The molecular formula is C18H28N4O4S2. The van der Waals surface area contributed by atoms with Crippen LogP contribution in [0.4, 0.5) is 10.5 Å². The molecule has 1 aromatic carbocycles. The monoisotopic (exact) mass is 428 g/mol. The molecule has 0 aromatic heterocycles. The van der Waals surface area contributed by atoms with Gasteiger partial charge in [0.2, 0.25) is 15.9 Å². The summed E-state index contributed by atoms with van der Waals surface area (Å²) in [7, 11) is -3.53. The highest BCUT2D eigenvalue weighted by Crippen LogP contribution is 2.24. The number of sulfonamides is 1. The van der Waals surface area contributed by atoms with E-state index in [-0.39, 0.29) is 4.90 Å². The fourth-order valence-electron chi connectivity index (χ4n) is 2.99. The van der Waals surface area contributed by atoms with E-state index < -0.39 is 28.0 Å². The summed E-state index contributed by atoms with van der Waals surface area (Å²) in [6.45, 7) is 3.18. The second-order valence-corrected chi connectivity index (χ2v) is 9.87. The summed E-state index contributed by atoms with van der Waals surface area (Å²) in [4.78, 5) is 23.7. The van der Waals surface area contributed by atoms with E-state index in [0.717, 1.165) is 12.8 Å². The Morgan fingerprint density at radius 1 is 1.25 bits per heavy atom. The van der Waals surface area contributed by atoms with Gasteiger partial charge in [0.25, 0.3) is 0 Å². The van der Waals surface area contributed by atoms with E-state index in [1.54, 1.807) is 23.9 Å². The number of carbonyl (C=O) groups excluding carboxylic acids is 2. The van der Waals surface area contributed by atoms with E-state index in [1.165, 1.54) is 16.4 Å². The number of nitrogens with two attached hydrogens (primary N) is 1. The van der Waals surface area contributed by atoms with E-state index in [1.807, 2.05) is 6.26 Å². The quantitative estimate of drug-likeness (QED) is 0.583. The molecule has 0 bridgehead atoms. The zero-order chi connectivity index (χ0) is 20.7. The minimum Gasteiger partial charge on any atom is -0.352 e. The topological polar surface area (TPSA) is 122 Å². The highest BCUT2D eigenvalue weighted by Gasteiger charge is 2.28. The predicted octanol–water partition coefficient (Wildman–Crippen LogP) is 1.84. The molecule has 0 spiro atoms. The van der Waals surface area contributed by atoms with Crippen LogP contribution in [0.3, 0.4) is 0 Å². The van der Waals surface area contributed by atoms with Crippen molar-refractivity contribution in [2.75, 3.05) is 30.4 Å². The number of rotatable bonds is 8. The van der Waals surface area contributed by atoms with E-state index >= 15 is 0 Å². The Morgan fingerprint density at radius 2 is 1.86 bits per heavy atom. The molecule has 0 saturated carbocycles. The number of benzene rings is 1. The maximum absolute atomic E-state index is 12.8. The molecule has 0 aliphatic carbocycles. The third-order valence-electron chi connectivity index (χ3n) is 4.75. The fraction of sp³-hybridized carbons (Fsp3) is 0.556. The highest BCUT2D eigenvalue weighted by molar-refractivity contribution is 7.98. The molecule has 28 heavy (non-hydrogen) atoms. The van der Waals surface area contributed by atoms with Crippen molar-refractivity contribution in [3.05, 3.63) is 24.3 Å². The van der Waals surface area contributed by atoms with E-state index in [2.05, 4.69) is 17.6 Å². The maximum atomic E-state index is 12.8. The Balaban J connectivity index is 2.04. The molecule has 1 aliphatic rings. The van der Waals surface area contributed by atoms with Crippen LogP contribution in [-0.2, 0) is 14.8 Å². The first kappa shape index (κ1) is 22.5. The highest BCUT2D eigenvalue weighted by atomic mass is 32.2. The summed E-state index contributed by atoms with van der Waals surface area (Å²) in [6, 6.07) is 4.56. The average molecular weight is 429 g/mol. The van der Waals surface area contributed by atoms with Crippen molar-refractivity contribution in [1.82, 2.24) is 9.62 Å². The number of urea groups is 1. The van der Waals surface area contributed by atoms with Crippen molar-refractivity contribution in [2.45, 2.75) is 37.1 Å². The Bertz CT molecular complexity index is 775. The van der Waals surface area contributed by atoms with Crippen LogP contribution < -0.4 is 16.4 Å². The van der Waals surface area contributed by atoms with Gasteiger partial charge in [0.05, 0.1) is 4.90 Å². The average Bonchev–Trinajstić information content (AvgIpc) is 2.65. The lowest BCUT2D eigenvalue weighted by Crippen LogP contribution is -2.46. The molecule has 4 N–H and O–H groups in total. The van der Waals surface area contributed by atoms with Crippen LogP contribution in [0.2, 0.25) is 0 Å². The van der Waals surface area contributed by atoms with Gasteiger partial charge in [-0.25, -0.2) is 13.2 Å². The second-order valence-electron chi connectivity index (χ2n) is 6.94. The van der Waals surface area contributed by atoms with Crippen molar-refractivity contribution in [2.24, 2.45) is 11.7 Å². The lowest BCUT2D eigenvalue weighted by molar-refractivity contribution is -0.117. The van der Waals surface area contributed by atoms with Gasteiger partial charge in [-0.2, -0.15) is 16.1 Å². The van der Waals surface area contributed by atoms with Gasteiger partial charge in [-0.1, -0.05) is 6.92 Å². The summed E-state index contributed by atoms with van der Waals surface area (Å²) >= 11 is 1.56. The number of hydrogen-bond donors (Lipinski definition) is 3. The van der Waals surface area contributed by atoms with Crippen molar-refractivity contribution in [3.63, 3.8) is 0 Å². The Labute approximate surface area is 170 Å². The van der Waals surface area contributed by atoms with Gasteiger partial charge >= 0.3 is 6.03 Å². The summed E-state index contributed by atoms with van der Waals surface area (Å²) in [6.07, 6.45) is 4.06. The number of thioether (sulfide) groups is 1. The third-order valence-corrected chi connectivity index (χ3v) is 7.30. The molecule has 0 radical (unpaired) electrons. The Hall–Kier alpha value is -1.78. The number of nitrogens with zero attached hydrogens (tertiary/aromatic N) is 1. The first-order valence-corrected chi connectivity index (χ1v) is 12.0. The normalized spacial score (nSPS) is 17.1. The molecule has 1 heterocycles. The molecule has 0 unspecified atom stereocenters. The molecule has 3 amide bonds. The number of piperidine rings is 1. The third kappa shape index (κ3) is 6.11. The van der Waals surface area contributed by atoms with Gasteiger partial charge in [-0.3, -0.25) is 4.79 Å². The number of amides is 3. The van der Waals surface area contributed by atoms with Gasteiger partial charge in [-0.05, 0) is 61.5 Å². The Morgan fingerprint density at radius 3 is 2.39 bits per heavy atom. The van der Waals surface area contributed by atoms with Crippen LogP contribution in [0.25, 0.3) is 0 Å². The summed E-state index contributed by atoms with van der Waals surface area (Å²) in [5.41, 5.74) is 5.59. The zero-order valence-electron chi connectivity index (χ0n) is 16.2. The maximum Gasteiger partial charge on any atom is 0.312 e. The molecule has 1 aromatic rings. The number of primary amides is 1. The molecule has 1 atom stereocenters. The van der Waals surface area contributed by atoms with Crippen LogP contribution in [-0.4, -0.2) is 55.8 Å². The van der Waals surface area contributed by atoms with Gasteiger partial charge in [-0.15, -0.1) is 0 Å². The van der Waals surface area contributed by atoms with Gasteiger partial charge in [0.1, 0.15) is 6.04 Å². The van der Waals surface area contributed by atoms with Crippen LogP contribution in [0, 0.1) is 5.92 Å². The first-order valence-electron chi connectivity index (χ1n) is 9.20. The van der Waals surface area contributed by atoms with E-state index in [0.29, 0.717) is 36.9 Å². The van der Waals surface area contributed by atoms with Crippen molar-refractivity contribution >= 4 is 39.4 Å². The first-order chi connectivity index (χ1) is 13.2. The predicted molar refractivity (Wildman–Crippen MR) is 112 cm³/mol. The Kier molecular flexibility index (Phi) is 8.14. The van der Waals surface area contributed by atoms with Crippen molar-refractivity contribution in [3.8, 4) is 0 Å². The number of carbonyl (C=O) groups is 2. The van der Waals surface area contributed by atoms with Crippen LogP contribution >= 0.6 is 11.8 Å². The molecular weight excluding hydrogens is 400 g/mol. The molecule has 1 aliphatic heterocycles. The molecule has 8 nitrogen and oxygen atoms in total. The second kappa shape index (κ2) is 10.1. The molecule has 10 heteroatoms. The zero-order valence-corrected chi connectivity index (χ0v) is 17.8. The minimum atomic E-state index is -3.53. The lowest BCUT2D eigenvalue weighted by Gasteiger charge is -2.29. The molecule has 156 valence electrons. The standard InChI is InChI=1S/C18H28N4O4S2/c1-13-7-10-22(11-8-13)28(25,26)15-5-3-14(4-6-15)20-17(23)16(9-12-27-2)21-18(19)24/h3-6,13,16H,7-12H2,1-2H3,(H,20,23)(H3,19,21,24)/t16-/m1/s1. The minimum absolute atomic E-state index is 0.203. The van der Waals surface area contributed by atoms with Crippen molar-refractivity contribution < 1.29 is 18.0 Å². The molecule has 1 saturated heterocycles. The summed E-state index contributed by atoms with van der Waals surface area (Å²) in [5, 5.41) is 5.12. The number of nitrogens with one attached hydrogen (secondary N) is 2. The number of hydrogen-bond acceptors (Lipinski definition) is 5. The van der Waals surface area contributed by atoms with Gasteiger partial charge in [0, 0.05) is 18.8 Å².